The molecule has 2 aromatic rings. The zero-order chi connectivity index (χ0) is 17.3. The summed E-state index contributed by atoms with van der Waals surface area (Å²) in [6.45, 7) is 1.63. The highest BCUT2D eigenvalue weighted by molar-refractivity contribution is 6.07. The van der Waals surface area contributed by atoms with E-state index >= 15 is 0 Å². The Bertz CT molecular complexity index is 822. The zero-order valence-electron chi connectivity index (χ0n) is 12.9. The maximum atomic E-state index is 12.8. The number of nitro benzene ring substituents is 1. The largest absolute Gasteiger partial charge is 0.325 e. The summed E-state index contributed by atoms with van der Waals surface area (Å²) in [5.74, 6) is -0.384. The lowest BCUT2D eigenvalue weighted by molar-refractivity contribution is -0.384. The third kappa shape index (κ3) is 2.60. The van der Waals surface area contributed by atoms with Gasteiger partial charge in [0.1, 0.15) is 5.54 Å². The predicted octanol–water partition coefficient (Wildman–Crippen LogP) is 2.56. The molecule has 0 unspecified atom stereocenters. The Balaban J connectivity index is 1.88. The summed E-state index contributed by atoms with van der Waals surface area (Å²) >= 11 is 0. The molecule has 0 saturated carbocycles. The lowest BCUT2D eigenvalue weighted by atomic mass is 9.92. The third-order valence-electron chi connectivity index (χ3n) is 4.09. The fraction of sp³-hybridized carbons (Fsp3) is 0.176. The summed E-state index contributed by atoms with van der Waals surface area (Å²) in [4.78, 5) is 36.4. The van der Waals surface area contributed by atoms with Crippen molar-refractivity contribution in [1.29, 1.82) is 0 Å². The molecule has 0 bridgehead atoms. The summed E-state index contributed by atoms with van der Waals surface area (Å²) < 4.78 is 0. The number of nitrogens with one attached hydrogen (secondary N) is 1. The van der Waals surface area contributed by atoms with Crippen molar-refractivity contribution in [2.45, 2.75) is 19.0 Å². The molecule has 1 N–H and O–H groups in total. The van der Waals surface area contributed by atoms with Gasteiger partial charge in [0.05, 0.1) is 11.5 Å². The number of rotatable bonds is 4. The first-order chi connectivity index (χ1) is 11.4. The van der Waals surface area contributed by atoms with Crippen LogP contribution in [0.3, 0.4) is 0 Å². The molecule has 1 saturated heterocycles. The van der Waals surface area contributed by atoms with E-state index in [1.165, 1.54) is 18.2 Å². The van der Waals surface area contributed by atoms with Crippen LogP contribution in [0.25, 0.3) is 0 Å². The predicted molar refractivity (Wildman–Crippen MR) is 86.0 cm³/mol. The van der Waals surface area contributed by atoms with Crippen LogP contribution in [0.2, 0.25) is 0 Å². The van der Waals surface area contributed by atoms with Gasteiger partial charge in [0, 0.05) is 12.1 Å². The first-order valence-corrected chi connectivity index (χ1v) is 7.35. The molecular weight excluding hydrogens is 310 g/mol. The van der Waals surface area contributed by atoms with Gasteiger partial charge < -0.3 is 5.32 Å². The Kier molecular flexibility index (Phi) is 3.76. The number of carbonyl (C=O) groups is 2. The third-order valence-corrected chi connectivity index (χ3v) is 4.09. The van der Waals surface area contributed by atoms with Crippen LogP contribution >= 0.6 is 0 Å². The maximum absolute atomic E-state index is 12.8. The van der Waals surface area contributed by atoms with E-state index in [-0.39, 0.29) is 18.1 Å². The molecule has 7 heteroatoms. The normalized spacial score (nSPS) is 20.1. The molecule has 1 aliphatic heterocycles. The van der Waals surface area contributed by atoms with E-state index in [0.717, 1.165) is 4.90 Å². The molecule has 2 aromatic carbocycles. The number of nitrogens with zero attached hydrogens (tertiary/aromatic N) is 2. The second-order valence-electron chi connectivity index (χ2n) is 5.74. The second kappa shape index (κ2) is 5.77. The summed E-state index contributed by atoms with van der Waals surface area (Å²) in [6.07, 6.45) is 0. The number of non-ortho nitro benzene ring substituents is 1. The van der Waals surface area contributed by atoms with Crippen LogP contribution in [0.1, 0.15) is 18.1 Å². The maximum Gasteiger partial charge on any atom is 0.325 e. The van der Waals surface area contributed by atoms with Crippen LogP contribution in [0.15, 0.2) is 54.6 Å². The minimum absolute atomic E-state index is 0.0191. The number of amides is 3. The molecule has 1 atom stereocenters. The number of urea groups is 1. The SMILES string of the molecule is C[C@]1(c2ccccc2)NC(=O)N(Cc2cccc([N+](=O)[O-])c2)C1=O. The topological polar surface area (TPSA) is 92.6 Å². The minimum atomic E-state index is -1.14. The van der Waals surface area contributed by atoms with Crippen LogP contribution in [0.5, 0.6) is 0 Å². The summed E-state index contributed by atoms with van der Waals surface area (Å²) in [6, 6.07) is 14.3. The summed E-state index contributed by atoms with van der Waals surface area (Å²) in [7, 11) is 0. The zero-order valence-corrected chi connectivity index (χ0v) is 12.9. The first kappa shape index (κ1) is 15.7. The monoisotopic (exact) mass is 325 g/mol. The Hall–Kier alpha value is -3.22. The Morgan fingerprint density at radius 1 is 1.12 bits per heavy atom. The Labute approximate surface area is 138 Å². The van der Waals surface area contributed by atoms with Crippen molar-refractivity contribution < 1.29 is 14.5 Å². The molecule has 24 heavy (non-hydrogen) atoms. The van der Waals surface area contributed by atoms with Crippen molar-refractivity contribution in [1.82, 2.24) is 10.2 Å². The fourth-order valence-corrected chi connectivity index (χ4v) is 2.76. The summed E-state index contributed by atoms with van der Waals surface area (Å²) in [5, 5.41) is 13.6. The number of imide groups is 1. The van der Waals surface area contributed by atoms with Gasteiger partial charge in [0.15, 0.2) is 0 Å². The number of benzene rings is 2. The van der Waals surface area contributed by atoms with Crippen LogP contribution in [-0.2, 0) is 16.9 Å². The standard InChI is InChI=1S/C17H15N3O4/c1-17(13-7-3-2-4-8-13)15(21)19(16(22)18-17)11-12-6-5-9-14(10-12)20(23)24/h2-10H,11H2,1H3,(H,18,22)/t17-/m1/s1. The average molecular weight is 325 g/mol. The second-order valence-corrected chi connectivity index (χ2v) is 5.74. The molecular formula is C17H15N3O4. The number of carbonyl (C=O) groups excluding carboxylic acids is 2. The molecule has 0 radical (unpaired) electrons. The first-order valence-electron chi connectivity index (χ1n) is 7.35. The number of nitro groups is 1. The van der Waals surface area contributed by atoms with Crippen molar-refractivity contribution in [2.24, 2.45) is 0 Å². The molecule has 1 fully saturated rings. The molecule has 0 aliphatic carbocycles. The van der Waals surface area contributed by atoms with Crippen LogP contribution in [0.4, 0.5) is 10.5 Å². The molecule has 122 valence electrons. The van der Waals surface area contributed by atoms with Crippen LogP contribution in [0, 0.1) is 10.1 Å². The van der Waals surface area contributed by atoms with Gasteiger partial charge in [-0.2, -0.15) is 0 Å². The highest BCUT2D eigenvalue weighted by atomic mass is 16.6. The van der Waals surface area contributed by atoms with E-state index in [9.17, 15) is 19.7 Å². The van der Waals surface area contributed by atoms with Gasteiger partial charge in [-0.25, -0.2) is 4.79 Å². The lowest BCUT2D eigenvalue weighted by Gasteiger charge is -2.22. The van der Waals surface area contributed by atoms with Gasteiger partial charge in [0.2, 0.25) is 0 Å². The van der Waals surface area contributed by atoms with Gasteiger partial charge in [-0.3, -0.25) is 19.8 Å². The smallest absolute Gasteiger partial charge is 0.319 e. The van der Waals surface area contributed by atoms with Crippen molar-refractivity contribution in [2.75, 3.05) is 0 Å². The van der Waals surface area contributed by atoms with Gasteiger partial charge in [-0.1, -0.05) is 42.5 Å². The molecule has 3 rings (SSSR count). The molecule has 1 heterocycles. The molecule has 3 amide bonds. The molecule has 7 nitrogen and oxygen atoms in total. The highest BCUT2D eigenvalue weighted by Gasteiger charge is 2.48. The van der Waals surface area contributed by atoms with E-state index < -0.39 is 16.5 Å². The fourth-order valence-electron chi connectivity index (χ4n) is 2.76. The highest BCUT2D eigenvalue weighted by Crippen LogP contribution is 2.29. The van der Waals surface area contributed by atoms with E-state index in [0.29, 0.717) is 11.1 Å². The van der Waals surface area contributed by atoms with Gasteiger partial charge >= 0.3 is 6.03 Å². The van der Waals surface area contributed by atoms with Crippen molar-refractivity contribution in [3.8, 4) is 0 Å². The van der Waals surface area contributed by atoms with E-state index in [4.69, 9.17) is 0 Å². The van der Waals surface area contributed by atoms with E-state index in [2.05, 4.69) is 5.32 Å². The summed E-state index contributed by atoms with van der Waals surface area (Å²) in [5.41, 5.74) is -0.0146. The van der Waals surface area contributed by atoms with E-state index in [1.807, 2.05) is 6.07 Å². The lowest BCUT2D eigenvalue weighted by Crippen LogP contribution is -2.40. The number of hydrogen-bond donors (Lipinski definition) is 1. The molecule has 0 aromatic heterocycles. The average Bonchev–Trinajstić information content (AvgIpc) is 2.80. The van der Waals surface area contributed by atoms with Crippen LogP contribution in [-0.4, -0.2) is 21.8 Å². The van der Waals surface area contributed by atoms with Gasteiger partial charge in [-0.05, 0) is 18.1 Å². The Morgan fingerprint density at radius 2 is 1.83 bits per heavy atom. The van der Waals surface area contributed by atoms with Crippen molar-refractivity contribution in [3.63, 3.8) is 0 Å². The van der Waals surface area contributed by atoms with Gasteiger partial charge in [0.25, 0.3) is 11.6 Å². The number of hydrogen-bond acceptors (Lipinski definition) is 4. The van der Waals surface area contributed by atoms with Gasteiger partial charge in [-0.15, -0.1) is 0 Å². The molecule has 1 aliphatic rings. The van der Waals surface area contributed by atoms with Crippen molar-refractivity contribution >= 4 is 17.6 Å². The van der Waals surface area contributed by atoms with E-state index in [1.54, 1.807) is 37.3 Å². The quantitative estimate of drug-likeness (QED) is 0.531. The van der Waals surface area contributed by atoms with Crippen molar-refractivity contribution in [3.05, 3.63) is 75.8 Å². The molecule has 0 spiro atoms. The minimum Gasteiger partial charge on any atom is -0.319 e. The Morgan fingerprint density at radius 3 is 2.50 bits per heavy atom. The van der Waals surface area contributed by atoms with Crippen LogP contribution < -0.4 is 5.32 Å².